The van der Waals surface area contributed by atoms with Gasteiger partial charge in [0.15, 0.2) is 0 Å². The fraction of sp³-hybridized carbons (Fsp3) is 0.222. The van der Waals surface area contributed by atoms with Gasteiger partial charge in [0.1, 0.15) is 0 Å². The summed E-state index contributed by atoms with van der Waals surface area (Å²) < 4.78 is 2.43. The van der Waals surface area contributed by atoms with Gasteiger partial charge in [0.2, 0.25) is 0 Å². The topological polar surface area (TPSA) is 37.3 Å². The Morgan fingerprint density at radius 1 is 0.903 bits per heavy atom. The molecule has 1 N–H and O–H groups in total. The molecule has 156 valence electrons. The van der Waals surface area contributed by atoms with E-state index in [-0.39, 0.29) is 6.03 Å². The van der Waals surface area contributed by atoms with Crippen molar-refractivity contribution >= 4 is 22.6 Å². The highest BCUT2D eigenvalue weighted by Gasteiger charge is 2.26. The van der Waals surface area contributed by atoms with E-state index in [0.29, 0.717) is 6.54 Å². The molecular weight excluding hydrogens is 382 g/mol. The minimum atomic E-state index is -0.0326. The Morgan fingerprint density at radius 2 is 1.65 bits per heavy atom. The van der Waals surface area contributed by atoms with Gasteiger partial charge in [-0.05, 0) is 35.7 Å². The first kappa shape index (κ1) is 19.4. The van der Waals surface area contributed by atoms with Crippen LogP contribution in [0.1, 0.15) is 29.3 Å². The molecule has 4 nitrogen and oxygen atoms in total. The molecule has 0 bridgehead atoms. The number of para-hydroxylation sites is 1. The second kappa shape index (κ2) is 8.31. The molecule has 1 aliphatic rings. The van der Waals surface area contributed by atoms with Crippen molar-refractivity contribution in [3.05, 3.63) is 101 Å². The van der Waals surface area contributed by atoms with E-state index in [0.717, 1.165) is 31.6 Å². The maximum atomic E-state index is 13.0. The van der Waals surface area contributed by atoms with Gasteiger partial charge in [-0.2, -0.15) is 0 Å². The molecule has 2 amide bonds. The Balaban J connectivity index is 1.41. The smallest absolute Gasteiger partial charge is 0.322 e. The molecule has 4 aromatic rings. The number of carbonyl (C=O) groups is 1. The van der Waals surface area contributed by atoms with E-state index >= 15 is 0 Å². The molecule has 0 spiro atoms. The number of benzene rings is 3. The summed E-state index contributed by atoms with van der Waals surface area (Å²) >= 11 is 0. The molecule has 0 saturated carbocycles. The fourth-order valence-electron chi connectivity index (χ4n) is 4.55. The van der Waals surface area contributed by atoms with Gasteiger partial charge >= 0.3 is 6.03 Å². The molecular formula is C27H27N3O. The number of rotatable bonds is 4. The van der Waals surface area contributed by atoms with Crippen molar-refractivity contribution in [2.24, 2.45) is 0 Å². The highest BCUT2D eigenvalue weighted by atomic mass is 16.2. The lowest BCUT2D eigenvalue weighted by molar-refractivity contribution is 0.206. The monoisotopic (exact) mass is 409 g/mol. The summed E-state index contributed by atoms with van der Waals surface area (Å²) in [6.45, 7) is 4.34. The minimum Gasteiger partial charge on any atom is -0.340 e. The number of hydrogen-bond donors (Lipinski definition) is 1. The van der Waals surface area contributed by atoms with Gasteiger partial charge in [-0.3, -0.25) is 0 Å². The summed E-state index contributed by atoms with van der Waals surface area (Å²) in [5.41, 5.74) is 7.28. The third-order valence-electron chi connectivity index (χ3n) is 6.25. The quantitative estimate of drug-likeness (QED) is 0.452. The third-order valence-corrected chi connectivity index (χ3v) is 6.25. The molecule has 2 heterocycles. The fourth-order valence-corrected chi connectivity index (χ4v) is 4.55. The van der Waals surface area contributed by atoms with Gasteiger partial charge in [0, 0.05) is 53.9 Å². The number of urea groups is 1. The second-order valence-corrected chi connectivity index (χ2v) is 8.17. The lowest BCUT2D eigenvalue weighted by atomic mass is 10.0. The third kappa shape index (κ3) is 3.81. The summed E-state index contributed by atoms with van der Waals surface area (Å²) in [6, 6.07) is 27.2. The first-order valence-electron chi connectivity index (χ1n) is 11.0. The number of anilines is 1. The molecule has 3 aromatic carbocycles. The van der Waals surface area contributed by atoms with Crippen LogP contribution < -0.4 is 5.32 Å². The lowest BCUT2D eigenvalue weighted by Crippen LogP contribution is -2.39. The Morgan fingerprint density at radius 3 is 2.42 bits per heavy atom. The molecule has 0 fully saturated rings. The summed E-state index contributed by atoms with van der Waals surface area (Å²) in [7, 11) is 0. The number of fused-ring (bicyclic) bond motifs is 3. The van der Waals surface area contributed by atoms with E-state index in [4.69, 9.17) is 0 Å². The molecule has 31 heavy (non-hydrogen) atoms. The number of aryl methyl sites for hydroxylation is 1. The number of nitrogens with zero attached hydrogens (tertiary/aromatic N) is 2. The van der Waals surface area contributed by atoms with Crippen LogP contribution >= 0.6 is 0 Å². The van der Waals surface area contributed by atoms with Gasteiger partial charge < -0.3 is 14.8 Å². The summed E-state index contributed by atoms with van der Waals surface area (Å²) in [4.78, 5) is 14.9. The molecule has 1 aromatic heterocycles. The van der Waals surface area contributed by atoms with Gasteiger partial charge in [0.25, 0.3) is 0 Å². The van der Waals surface area contributed by atoms with Crippen LogP contribution in [0.15, 0.2) is 78.9 Å². The van der Waals surface area contributed by atoms with Crippen molar-refractivity contribution in [1.29, 1.82) is 0 Å². The van der Waals surface area contributed by atoms with Crippen LogP contribution in [0.3, 0.4) is 0 Å². The first-order valence-corrected chi connectivity index (χ1v) is 11.0. The van der Waals surface area contributed by atoms with Crippen LogP contribution in [0.4, 0.5) is 10.5 Å². The van der Waals surface area contributed by atoms with Crippen molar-refractivity contribution < 1.29 is 4.79 Å². The Kier molecular flexibility index (Phi) is 5.21. The number of aromatic nitrogens is 1. The SMILES string of the molecule is CCc1ccc(NC(=O)N2CCc3c(c4ccccc4n3Cc3ccccc3)C2)cc1. The van der Waals surface area contributed by atoms with Gasteiger partial charge in [-0.25, -0.2) is 4.79 Å². The zero-order valence-electron chi connectivity index (χ0n) is 17.8. The normalized spacial score (nSPS) is 13.3. The number of nitrogens with one attached hydrogen (secondary N) is 1. The standard InChI is InChI=1S/C27H27N3O/c1-2-20-12-14-22(15-13-20)28-27(31)29-17-16-26-24(19-29)23-10-6-7-11-25(23)30(26)18-21-8-4-3-5-9-21/h3-15H,2,16-19H2,1H3,(H,28,31). The van der Waals surface area contributed by atoms with Crippen molar-refractivity contribution in [3.8, 4) is 0 Å². The zero-order valence-corrected chi connectivity index (χ0v) is 17.8. The zero-order chi connectivity index (χ0) is 21.2. The summed E-state index contributed by atoms with van der Waals surface area (Å²) in [5, 5.41) is 4.32. The minimum absolute atomic E-state index is 0.0326. The van der Waals surface area contributed by atoms with Crippen LogP contribution in [-0.4, -0.2) is 22.0 Å². The van der Waals surface area contributed by atoms with Crippen molar-refractivity contribution in [2.75, 3.05) is 11.9 Å². The molecule has 0 atom stereocenters. The van der Waals surface area contributed by atoms with Crippen LogP contribution in [0.25, 0.3) is 10.9 Å². The maximum Gasteiger partial charge on any atom is 0.322 e. The molecule has 5 rings (SSSR count). The number of carbonyl (C=O) groups excluding carboxylic acids is 1. The van der Waals surface area contributed by atoms with Crippen LogP contribution in [0.2, 0.25) is 0 Å². The van der Waals surface area contributed by atoms with Crippen LogP contribution in [0, 0.1) is 0 Å². The average Bonchev–Trinajstić information content (AvgIpc) is 3.13. The Bertz CT molecular complexity index is 1210. The van der Waals surface area contributed by atoms with E-state index in [2.05, 4.69) is 83.5 Å². The predicted octanol–water partition coefficient (Wildman–Crippen LogP) is 5.84. The van der Waals surface area contributed by atoms with E-state index in [1.165, 1.54) is 33.3 Å². The highest BCUT2D eigenvalue weighted by molar-refractivity contribution is 5.91. The predicted molar refractivity (Wildman–Crippen MR) is 126 cm³/mol. The van der Waals surface area contributed by atoms with Gasteiger partial charge in [0.05, 0.1) is 0 Å². The van der Waals surface area contributed by atoms with E-state index in [1.807, 2.05) is 17.0 Å². The van der Waals surface area contributed by atoms with Crippen molar-refractivity contribution in [2.45, 2.75) is 32.9 Å². The largest absolute Gasteiger partial charge is 0.340 e. The molecule has 4 heteroatoms. The van der Waals surface area contributed by atoms with Crippen LogP contribution in [-0.2, 0) is 25.9 Å². The van der Waals surface area contributed by atoms with Crippen molar-refractivity contribution in [1.82, 2.24) is 9.47 Å². The summed E-state index contributed by atoms with van der Waals surface area (Å²) in [6.07, 6.45) is 1.86. The van der Waals surface area contributed by atoms with Gasteiger partial charge in [-0.1, -0.05) is 67.6 Å². The maximum absolute atomic E-state index is 13.0. The van der Waals surface area contributed by atoms with E-state index in [1.54, 1.807) is 0 Å². The van der Waals surface area contributed by atoms with Gasteiger partial charge in [-0.15, -0.1) is 0 Å². The second-order valence-electron chi connectivity index (χ2n) is 8.17. The molecule has 0 radical (unpaired) electrons. The number of amides is 2. The molecule has 0 aliphatic carbocycles. The first-order chi connectivity index (χ1) is 15.2. The lowest BCUT2D eigenvalue weighted by Gasteiger charge is -2.28. The van der Waals surface area contributed by atoms with E-state index in [9.17, 15) is 4.79 Å². The molecule has 1 aliphatic heterocycles. The van der Waals surface area contributed by atoms with Crippen LogP contribution in [0.5, 0.6) is 0 Å². The van der Waals surface area contributed by atoms with E-state index < -0.39 is 0 Å². The summed E-state index contributed by atoms with van der Waals surface area (Å²) in [5.74, 6) is 0. The Labute approximate surface area is 183 Å². The molecule has 0 saturated heterocycles. The number of hydrogen-bond acceptors (Lipinski definition) is 1. The average molecular weight is 410 g/mol. The van der Waals surface area contributed by atoms with Crippen molar-refractivity contribution in [3.63, 3.8) is 0 Å². The molecule has 0 unspecified atom stereocenters. The highest BCUT2D eigenvalue weighted by Crippen LogP contribution is 2.32. The Hall–Kier alpha value is -3.53.